The van der Waals surface area contributed by atoms with Crippen LogP contribution < -0.4 is 9.47 Å². The SMILES string of the molecule is [O-][n+]1cc(OCc2ccccc2)c2cocc2c1. The predicted octanol–water partition coefficient (Wildman–Crippen LogP) is 2.65. The zero-order valence-corrected chi connectivity index (χ0v) is 9.58. The maximum absolute atomic E-state index is 11.4. The van der Waals surface area contributed by atoms with Crippen molar-refractivity contribution in [3.05, 3.63) is 66.0 Å². The van der Waals surface area contributed by atoms with Crippen LogP contribution in [0.2, 0.25) is 0 Å². The van der Waals surface area contributed by atoms with Crippen molar-refractivity contribution in [1.82, 2.24) is 0 Å². The van der Waals surface area contributed by atoms with Gasteiger partial charge in [-0.25, -0.2) is 0 Å². The molecule has 0 aliphatic heterocycles. The minimum absolute atomic E-state index is 0.422. The summed E-state index contributed by atoms with van der Waals surface area (Å²) in [6.45, 7) is 0.422. The molecule has 1 aromatic carbocycles. The summed E-state index contributed by atoms with van der Waals surface area (Å²) in [5.74, 6) is 0.528. The van der Waals surface area contributed by atoms with E-state index in [0.29, 0.717) is 12.4 Å². The molecule has 4 heteroatoms. The Morgan fingerprint density at radius 3 is 2.78 bits per heavy atom. The highest BCUT2D eigenvalue weighted by molar-refractivity contribution is 5.85. The fraction of sp³-hybridized carbons (Fsp3) is 0.0714. The standard InChI is InChI=1S/C14H11NO3/c16-15-6-12-9-17-10-13(12)14(7-15)18-8-11-4-2-1-3-5-11/h1-7,9-10H,8H2. The number of benzene rings is 1. The van der Waals surface area contributed by atoms with Crippen LogP contribution in [0.3, 0.4) is 0 Å². The zero-order valence-electron chi connectivity index (χ0n) is 9.58. The number of furan rings is 1. The van der Waals surface area contributed by atoms with Crippen LogP contribution in [0.1, 0.15) is 5.56 Å². The fourth-order valence-electron chi connectivity index (χ4n) is 1.82. The molecule has 3 aromatic rings. The molecule has 18 heavy (non-hydrogen) atoms. The van der Waals surface area contributed by atoms with Crippen molar-refractivity contribution in [3.63, 3.8) is 0 Å². The molecule has 4 nitrogen and oxygen atoms in total. The molecule has 0 unspecified atom stereocenters. The van der Waals surface area contributed by atoms with Crippen LogP contribution in [0, 0.1) is 5.21 Å². The molecule has 0 atom stereocenters. The van der Waals surface area contributed by atoms with Crippen LogP contribution in [0.4, 0.5) is 0 Å². The minimum atomic E-state index is 0.422. The lowest BCUT2D eigenvalue weighted by atomic mass is 10.2. The molecule has 0 amide bonds. The second kappa shape index (κ2) is 4.41. The molecule has 0 spiro atoms. The van der Waals surface area contributed by atoms with Gasteiger partial charge in [0.2, 0.25) is 6.20 Å². The Hall–Kier alpha value is -2.49. The lowest BCUT2D eigenvalue weighted by Gasteiger charge is -2.06. The third-order valence-corrected chi connectivity index (χ3v) is 2.71. The molecule has 3 rings (SSSR count). The number of fused-ring (bicyclic) bond motifs is 1. The smallest absolute Gasteiger partial charge is 0.223 e. The molecule has 90 valence electrons. The Morgan fingerprint density at radius 2 is 1.94 bits per heavy atom. The van der Waals surface area contributed by atoms with Crippen LogP contribution >= 0.6 is 0 Å². The second-order valence-electron chi connectivity index (χ2n) is 4.00. The normalized spacial score (nSPS) is 10.7. The van der Waals surface area contributed by atoms with Gasteiger partial charge >= 0.3 is 0 Å². The molecule has 0 radical (unpaired) electrons. The highest BCUT2D eigenvalue weighted by atomic mass is 16.5. The molecule has 0 saturated carbocycles. The number of ether oxygens (including phenoxy) is 1. The van der Waals surface area contributed by atoms with E-state index < -0.39 is 0 Å². The maximum Gasteiger partial charge on any atom is 0.223 e. The van der Waals surface area contributed by atoms with E-state index >= 15 is 0 Å². The summed E-state index contributed by atoms with van der Waals surface area (Å²) in [7, 11) is 0. The topological polar surface area (TPSA) is 49.3 Å². The van der Waals surface area contributed by atoms with Gasteiger partial charge in [-0.1, -0.05) is 30.3 Å². The van der Waals surface area contributed by atoms with Gasteiger partial charge in [-0.15, -0.1) is 0 Å². The first-order valence-corrected chi connectivity index (χ1v) is 5.58. The lowest BCUT2D eigenvalue weighted by Crippen LogP contribution is -2.24. The van der Waals surface area contributed by atoms with E-state index in [0.717, 1.165) is 21.1 Å². The van der Waals surface area contributed by atoms with Crippen molar-refractivity contribution >= 4 is 10.8 Å². The Kier molecular flexibility index (Phi) is 2.61. The Bertz CT molecular complexity index is 661. The van der Waals surface area contributed by atoms with Crippen molar-refractivity contribution in [2.24, 2.45) is 0 Å². The van der Waals surface area contributed by atoms with Crippen molar-refractivity contribution in [3.8, 4) is 5.75 Å². The molecule has 0 fully saturated rings. The summed E-state index contributed by atoms with van der Waals surface area (Å²) in [4.78, 5) is 0. The molecule has 0 N–H and O–H groups in total. The fourth-order valence-corrected chi connectivity index (χ4v) is 1.82. The van der Waals surface area contributed by atoms with Crippen LogP contribution in [-0.4, -0.2) is 0 Å². The van der Waals surface area contributed by atoms with Crippen molar-refractivity contribution in [2.75, 3.05) is 0 Å². The van der Waals surface area contributed by atoms with Crippen molar-refractivity contribution in [1.29, 1.82) is 0 Å². The van der Waals surface area contributed by atoms with E-state index in [4.69, 9.17) is 9.15 Å². The van der Waals surface area contributed by atoms with Gasteiger partial charge in [0.25, 0.3) is 0 Å². The maximum atomic E-state index is 11.4. The van der Waals surface area contributed by atoms with Crippen LogP contribution in [-0.2, 0) is 6.61 Å². The average molecular weight is 241 g/mol. The third-order valence-electron chi connectivity index (χ3n) is 2.71. The second-order valence-corrected chi connectivity index (χ2v) is 4.00. The third kappa shape index (κ3) is 2.00. The number of hydrogen-bond acceptors (Lipinski definition) is 3. The summed E-state index contributed by atoms with van der Waals surface area (Å²) in [5.41, 5.74) is 1.05. The number of rotatable bonds is 3. The Morgan fingerprint density at radius 1 is 1.11 bits per heavy atom. The van der Waals surface area contributed by atoms with Crippen molar-refractivity contribution in [2.45, 2.75) is 6.61 Å². The van der Waals surface area contributed by atoms with Crippen LogP contribution in [0.5, 0.6) is 5.75 Å². The van der Waals surface area contributed by atoms with E-state index in [9.17, 15) is 5.21 Å². The predicted molar refractivity (Wildman–Crippen MR) is 65.9 cm³/mol. The van der Waals surface area contributed by atoms with E-state index in [2.05, 4.69) is 0 Å². The minimum Gasteiger partial charge on any atom is -0.619 e. The molecule has 0 saturated heterocycles. The van der Waals surface area contributed by atoms with Gasteiger partial charge in [-0.2, -0.15) is 4.73 Å². The first kappa shape index (κ1) is 10.7. The highest BCUT2D eigenvalue weighted by Crippen LogP contribution is 2.24. The van der Waals surface area contributed by atoms with Crippen molar-refractivity contribution < 1.29 is 13.9 Å². The number of pyridine rings is 1. The van der Waals surface area contributed by atoms with Gasteiger partial charge in [0.05, 0.1) is 10.8 Å². The van der Waals surface area contributed by atoms with Crippen LogP contribution in [0.15, 0.2) is 59.7 Å². The van der Waals surface area contributed by atoms with Gasteiger partial charge in [0.15, 0.2) is 11.9 Å². The molecular formula is C14H11NO3. The van der Waals surface area contributed by atoms with Crippen LogP contribution in [0.25, 0.3) is 10.8 Å². The molecular weight excluding hydrogens is 230 g/mol. The molecule has 2 aromatic heterocycles. The van der Waals surface area contributed by atoms with E-state index in [1.54, 1.807) is 6.26 Å². The number of aromatic nitrogens is 1. The Balaban J connectivity index is 1.88. The lowest BCUT2D eigenvalue weighted by molar-refractivity contribution is -0.604. The van der Waals surface area contributed by atoms with E-state index in [-0.39, 0.29) is 0 Å². The summed E-state index contributed by atoms with van der Waals surface area (Å²) >= 11 is 0. The van der Waals surface area contributed by atoms with Gasteiger partial charge in [0, 0.05) is 0 Å². The first-order valence-electron chi connectivity index (χ1n) is 5.58. The largest absolute Gasteiger partial charge is 0.619 e. The summed E-state index contributed by atoms with van der Waals surface area (Å²) < 4.78 is 11.5. The van der Waals surface area contributed by atoms with Gasteiger partial charge < -0.3 is 14.4 Å². The summed E-state index contributed by atoms with van der Waals surface area (Å²) in [6, 6.07) is 9.79. The van der Waals surface area contributed by atoms with E-state index in [1.807, 2.05) is 30.3 Å². The summed E-state index contributed by atoms with van der Waals surface area (Å²) in [6.07, 6.45) is 5.96. The first-order chi connectivity index (χ1) is 8.83. The number of nitrogens with zero attached hydrogens (tertiary/aromatic N) is 1. The van der Waals surface area contributed by atoms with E-state index in [1.165, 1.54) is 18.7 Å². The quantitative estimate of drug-likeness (QED) is 0.523. The number of hydrogen-bond donors (Lipinski definition) is 0. The molecule has 2 heterocycles. The molecule has 0 aliphatic carbocycles. The zero-order chi connectivity index (χ0) is 12.4. The molecule has 0 aliphatic rings. The Labute approximate surface area is 104 Å². The van der Waals surface area contributed by atoms with Gasteiger partial charge in [-0.3, -0.25) is 0 Å². The monoisotopic (exact) mass is 241 g/mol. The van der Waals surface area contributed by atoms with Gasteiger partial charge in [-0.05, 0) is 5.56 Å². The average Bonchev–Trinajstić information content (AvgIpc) is 2.85. The van der Waals surface area contributed by atoms with Gasteiger partial charge in [0.1, 0.15) is 19.1 Å². The summed E-state index contributed by atoms with van der Waals surface area (Å²) in [5, 5.41) is 12.9. The molecule has 0 bridgehead atoms. The highest BCUT2D eigenvalue weighted by Gasteiger charge is 2.10.